The Kier molecular flexibility index (Phi) is 5.02. The summed E-state index contributed by atoms with van der Waals surface area (Å²) < 4.78 is 10.9. The molecule has 2 aromatic carbocycles. The van der Waals surface area contributed by atoms with Crippen molar-refractivity contribution in [3.63, 3.8) is 0 Å². The molecule has 2 heterocycles. The third-order valence-corrected chi connectivity index (χ3v) is 5.26. The normalized spacial score (nSPS) is 16.2. The van der Waals surface area contributed by atoms with Gasteiger partial charge in [0.15, 0.2) is 0 Å². The second-order valence-electron chi connectivity index (χ2n) is 6.83. The lowest BCUT2D eigenvalue weighted by atomic mass is 9.97. The SMILES string of the molecule is COc1ccc(OC)c([C@H]2CCN(C(=O)c3ccccc3-c3ncc[nH]3)C2)c1. The molecule has 1 saturated heterocycles. The standard InChI is InChI=1S/C22H23N3O3/c1-27-16-7-8-20(28-2)19(13-16)15-9-12-25(14-15)22(26)18-6-4-3-5-17(18)21-23-10-11-24-21/h3-8,10-11,13,15H,9,12,14H2,1-2H3,(H,23,24)/t15-/m0/s1. The number of carbonyl (C=O) groups excluding carboxylic acids is 1. The van der Waals surface area contributed by atoms with Gasteiger partial charge >= 0.3 is 0 Å². The summed E-state index contributed by atoms with van der Waals surface area (Å²) in [4.78, 5) is 22.5. The van der Waals surface area contributed by atoms with E-state index in [1.807, 2.05) is 47.4 Å². The zero-order valence-electron chi connectivity index (χ0n) is 16.0. The number of methoxy groups -OCH3 is 2. The van der Waals surface area contributed by atoms with Crippen LogP contribution in [-0.4, -0.2) is 48.1 Å². The number of benzene rings is 2. The van der Waals surface area contributed by atoms with Gasteiger partial charge in [0, 0.05) is 42.5 Å². The molecule has 0 radical (unpaired) electrons. The molecule has 144 valence electrons. The highest BCUT2D eigenvalue weighted by molar-refractivity contribution is 6.00. The number of hydrogen-bond donors (Lipinski definition) is 1. The largest absolute Gasteiger partial charge is 0.497 e. The van der Waals surface area contributed by atoms with Gasteiger partial charge in [-0.2, -0.15) is 0 Å². The first-order chi connectivity index (χ1) is 13.7. The summed E-state index contributed by atoms with van der Waals surface area (Å²) in [7, 11) is 3.32. The van der Waals surface area contributed by atoms with Gasteiger partial charge in [0.05, 0.1) is 19.8 Å². The minimum absolute atomic E-state index is 0.0244. The topological polar surface area (TPSA) is 67.5 Å². The van der Waals surface area contributed by atoms with E-state index >= 15 is 0 Å². The summed E-state index contributed by atoms with van der Waals surface area (Å²) in [5.41, 5.74) is 2.56. The van der Waals surface area contributed by atoms with Crippen LogP contribution < -0.4 is 9.47 Å². The maximum Gasteiger partial charge on any atom is 0.254 e. The Balaban J connectivity index is 1.58. The average molecular weight is 377 g/mol. The van der Waals surface area contributed by atoms with Crippen molar-refractivity contribution in [1.29, 1.82) is 0 Å². The Bertz CT molecular complexity index is 969. The van der Waals surface area contributed by atoms with Crippen molar-refractivity contribution in [2.75, 3.05) is 27.3 Å². The number of imidazole rings is 1. The van der Waals surface area contributed by atoms with Crippen molar-refractivity contribution in [2.45, 2.75) is 12.3 Å². The Morgan fingerprint density at radius 2 is 2.04 bits per heavy atom. The summed E-state index contributed by atoms with van der Waals surface area (Å²) in [6, 6.07) is 13.4. The molecule has 0 unspecified atom stereocenters. The maximum atomic E-state index is 13.2. The van der Waals surface area contributed by atoms with Crippen molar-refractivity contribution in [3.8, 4) is 22.9 Å². The summed E-state index contributed by atoms with van der Waals surface area (Å²) in [5.74, 6) is 2.56. The number of amides is 1. The quantitative estimate of drug-likeness (QED) is 0.736. The van der Waals surface area contributed by atoms with E-state index < -0.39 is 0 Å². The van der Waals surface area contributed by atoms with Crippen LogP contribution in [0.5, 0.6) is 11.5 Å². The molecule has 1 atom stereocenters. The molecule has 28 heavy (non-hydrogen) atoms. The van der Waals surface area contributed by atoms with Crippen LogP contribution in [0, 0.1) is 0 Å². The number of hydrogen-bond acceptors (Lipinski definition) is 4. The van der Waals surface area contributed by atoms with Crippen molar-refractivity contribution >= 4 is 5.91 Å². The van der Waals surface area contributed by atoms with Crippen LogP contribution in [0.2, 0.25) is 0 Å². The Labute approximate surface area is 164 Å². The van der Waals surface area contributed by atoms with E-state index in [1.165, 1.54) is 0 Å². The number of likely N-dealkylation sites (tertiary alicyclic amines) is 1. The average Bonchev–Trinajstić information content (AvgIpc) is 3.45. The predicted octanol–water partition coefficient (Wildman–Crippen LogP) is 3.72. The van der Waals surface area contributed by atoms with Crippen LogP contribution in [0.3, 0.4) is 0 Å². The van der Waals surface area contributed by atoms with E-state index in [1.54, 1.807) is 26.6 Å². The van der Waals surface area contributed by atoms with Crippen LogP contribution in [0.15, 0.2) is 54.9 Å². The lowest BCUT2D eigenvalue weighted by molar-refractivity contribution is 0.0791. The molecule has 4 rings (SSSR count). The molecule has 1 N–H and O–H groups in total. The number of rotatable bonds is 5. The molecule has 1 aromatic heterocycles. The summed E-state index contributed by atoms with van der Waals surface area (Å²) >= 11 is 0. The van der Waals surface area contributed by atoms with Gasteiger partial charge in [-0.25, -0.2) is 4.98 Å². The van der Waals surface area contributed by atoms with Gasteiger partial charge in [-0.15, -0.1) is 0 Å². The number of carbonyl (C=O) groups is 1. The molecule has 6 heteroatoms. The summed E-state index contributed by atoms with van der Waals surface area (Å²) in [6.07, 6.45) is 4.34. The highest BCUT2D eigenvalue weighted by Gasteiger charge is 2.31. The minimum atomic E-state index is 0.0244. The van der Waals surface area contributed by atoms with Gasteiger partial charge in [-0.05, 0) is 30.7 Å². The first-order valence-corrected chi connectivity index (χ1v) is 9.31. The van der Waals surface area contributed by atoms with Gasteiger partial charge < -0.3 is 19.4 Å². The van der Waals surface area contributed by atoms with E-state index in [9.17, 15) is 4.79 Å². The maximum absolute atomic E-state index is 13.2. The number of H-pyrrole nitrogens is 1. The first kappa shape index (κ1) is 18.1. The molecule has 0 spiro atoms. The third-order valence-electron chi connectivity index (χ3n) is 5.26. The van der Waals surface area contributed by atoms with E-state index in [-0.39, 0.29) is 11.8 Å². The molecule has 1 aliphatic heterocycles. The molecular formula is C22H23N3O3. The van der Waals surface area contributed by atoms with Crippen LogP contribution in [-0.2, 0) is 0 Å². The number of aromatic nitrogens is 2. The zero-order chi connectivity index (χ0) is 19.5. The number of nitrogens with zero attached hydrogens (tertiary/aromatic N) is 2. The fourth-order valence-corrected chi connectivity index (χ4v) is 3.82. The van der Waals surface area contributed by atoms with E-state index in [2.05, 4.69) is 9.97 Å². The number of nitrogens with one attached hydrogen (secondary N) is 1. The van der Waals surface area contributed by atoms with E-state index in [0.717, 1.165) is 29.0 Å². The van der Waals surface area contributed by atoms with Gasteiger partial charge in [-0.1, -0.05) is 18.2 Å². The lowest BCUT2D eigenvalue weighted by Gasteiger charge is -2.19. The summed E-state index contributed by atoms with van der Waals surface area (Å²) in [5, 5.41) is 0. The van der Waals surface area contributed by atoms with Gasteiger partial charge in [0.25, 0.3) is 5.91 Å². The fourth-order valence-electron chi connectivity index (χ4n) is 3.82. The highest BCUT2D eigenvalue weighted by Crippen LogP contribution is 2.36. The van der Waals surface area contributed by atoms with Gasteiger partial charge in [0.1, 0.15) is 17.3 Å². The monoisotopic (exact) mass is 377 g/mol. The van der Waals surface area contributed by atoms with E-state index in [0.29, 0.717) is 24.5 Å². The summed E-state index contributed by atoms with van der Waals surface area (Å²) in [6.45, 7) is 1.35. The Morgan fingerprint density at radius 1 is 1.18 bits per heavy atom. The molecule has 3 aromatic rings. The number of ether oxygens (including phenoxy) is 2. The molecule has 1 fully saturated rings. The highest BCUT2D eigenvalue weighted by atomic mass is 16.5. The lowest BCUT2D eigenvalue weighted by Crippen LogP contribution is -2.29. The predicted molar refractivity (Wildman–Crippen MR) is 107 cm³/mol. The van der Waals surface area contributed by atoms with Crippen LogP contribution in [0.4, 0.5) is 0 Å². The molecule has 0 saturated carbocycles. The van der Waals surface area contributed by atoms with Crippen molar-refractivity contribution in [3.05, 3.63) is 66.0 Å². The van der Waals surface area contributed by atoms with Crippen LogP contribution >= 0.6 is 0 Å². The van der Waals surface area contributed by atoms with Crippen molar-refractivity contribution < 1.29 is 14.3 Å². The fraction of sp³-hybridized carbons (Fsp3) is 0.273. The van der Waals surface area contributed by atoms with Crippen molar-refractivity contribution in [1.82, 2.24) is 14.9 Å². The Hall–Kier alpha value is -3.28. The number of aromatic amines is 1. The Morgan fingerprint density at radius 3 is 2.79 bits per heavy atom. The minimum Gasteiger partial charge on any atom is -0.497 e. The molecule has 6 nitrogen and oxygen atoms in total. The molecule has 1 amide bonds. The molecular weight excluding hydrogens is 354 g/mol. The van der Waals surface area contributed by atoms with Crippen LogP contribution in [0.1, 0.15) is 28.3 Å². The molecule has 1 aliphatic rings. The van der Waals surface area contributed by atoms with Gasteiger partial charge in [0.2, 0.25) is 0 Å². The molecule has 0 aliphatic carbocycles. The van der Waals surface area contributed by atoms with Crippen LogP contribution in [0.25, 0.3) is 11.4 Å². The molecule has 0 bridgehead atoms. The van der Waals surface area contributed by atoms with Gasteiger partial charge in [-0.3, -0.25) is 4.79 Å². The third kappa shape index (κ3) is 3.33. The second kappa shape index (κ2) is 7.76. The van der Waals surface area contributed by atoms with Crippen molar-refractivity contribution in [2.24, 2.45) is 0 Å². The van der Waals surface area contributed by atoms with E-state index in [4.69, 9.17) is 9.47 Å². The second-order valence-corrected chi connectivity index (χ2v) is 6.83. The zero-order valence-corrected chi connectivity index (χ0v) is 16.0. The smallest absolute Gasteiger partial charge is 0.254 e. The first-order valence-electron chi connectivity index (χ1n) is 9.31.